The Hall–Kier alpha value is -1.62. The predicted octanol–water partition coefficient (Wildman–Crippen LogP) is 3.26. The number of hydrogen-bond donors (Lipinski definition) is 2. The zero-order valence-electron chi connectivity index (χ0n) is 17.4. The lowest BCUT2D eigenvalue weighted by atomic mass is 9.99. The molecule has 6 unspecified atom stereocenters. The maximum atomic E-state index is 10.5. The van der Waals surface area contributed by atoms with Crippen LogP contribution in [0, 0.1) is 0 Å². The molecule has 0 amide bonds. The van der Waals surface area contributed by atoms with E-state index in [9.17, 15) is 10.2 Å². The van der Waals surface area contributed by atoms with Crippen molar-refractivity contribution in [3.63, 3.8) is 0 Å². The monoisotopic (exact) mass is 486 g/mol. The molecule has 174 valence electrons. The Bertz CT molecular complexity index is 942. The summed E-state index contributed by atoms with van der Waals surface area (Å²) in [4.78, 5) is 0. The van der Waals surface area contributed by atoms with Crippen molar-refractivity contribution >= 4 is 23.2 Å². The van der Waals surface area contributed by atoms with Gasteiger partial charge in [0, 0.05) is 11.1 Å². The average molecular weight is 487 g/mol. The zero-order chi connectivity index (χ0) is 22.8. The Labute approximate surface area is 195 Å². The highest BCUT2D eigenvalue weighted by Gasteiger charge is 2.48. The highest BCUT2D eigenvalue weighted by Crippen LogP contribution is 2.41. The first kappa shape index (κ1) is 23.5. The predicted molar refractivity (Wildman–Crippen MR) is 115 cm³/mol. The third-order valence-electron chi connectivity index (χ3n) is 5.42. The normalized spacial score (nSPS) is 28.6. The van der Waals surface area contributed by atoms with E-state index < -0.39 is 43.6 Å². The van der Waals surface area contributed by atoms with E-state index in [0.717, 1.165) is 0 Å². The van der Waals surface area contributed by atoms with Gasteiger partial charge in [0.2, 0.25) is 0 Å². The number of aliphatic hydroxyl groups is 2. The smallest absolute Gasteiger partial charge is 0.185 e. The molecule has 0 aromatic heterocycles. The number of benzene rings is 2. The Morgan fingerprint density at radius 3 is 2.34 bits per heavy atom. The number of hydrogen-bond acceptors (Lipinski definition) is 8. The SMILES string of the molecule is COc1ccc(C2OCC3OC(c4ccc(Cl)c(Cl)c4)OC(C(O)CO)C3O2)cc1OC. The van der Waals surface area contributed by atoms with Crippen LogP contribution in [-0.4, -0.2) is 62.1 Å². The summed E-state index contributed by atoms with van der Waals surface area (Å²) in [5, 5.41) is 20.8. The first-order valence-corrected chi connectivity index (χ1v) is 10.7. The third kappa shape index (κ3) is 4.69. The van der Waals surface area contributed by atoms with Crippen molar-refractivity contribution in [1.29, 1.82) is 0 Å². The molecule has 4 rings (SSSR count). The molecular weight excluding hydrogens is 463 g/mol. The molecule has 2 N–H and O–H groups in total. The molecule has 2 aliphatic heterocycles. The van der Waals surface area contributed by atoms with Crippen molar-refractivity contribution in [1.82, 2.24) is 0 Å². The second-order valence-electron chi connectivity index (χ2n) is 7.41. The Balaban J connectivity index is 1.57. The van der Waals surface area contributed by atoms with Crippen LogP contribution in [0.5, 0.6) is 11.5 Å². The van der Waals surface area contributed by atoms with E-state index in [1.165, 1.54) is 0 Å². The van der Waals surface area contributed by atoms with Crippen LogP contribution in [-0.2, 0) is 18.9 Å². The lowest BCUT2D eigenvalue weighted by Gasteiger charge is -2.47. The largest absolute Gasteiger partial charge is 0.493 e. The van der Waals surface area contributed by atoms with E-state index in [2.05, 4.69) is 0 Å². The lowest BCUT2D eigenvalue weighted by Crippen LogP contribution is -2.58. The lowest BCUT2D eigenvalue weighted by molar-refractivity contribution is -0.373. The molecule has 2 heterocycles. The summed E-state index contributed by atoms with van der Waals surface area (Å²) in [5.74, 6) is 1.11. The molecule has 0 radical (unpaired) electrons. The topological polar surface area (TPSA) is 95.8 Å². The van der Waals surface area contributed by atoms with Crippen LogP contribution in [0.1, 0.15) is 23.7 Å². The number of rotatable bonds is 6. The fourth-order valence-electron chi connectivity index (χ4n) is 3.77. The minimum absolute atomic E-state index is 0.180. The Morgan fingerprint density at radius 1 is 0.938 bits per heavy atom. The third-order valence-corrected chi connectivity index (χ3v) is 6.16. The second-order valence-corrected chi connectivity index (χ2v) is 8.23. The fourth-order valence-corrected chi connectivity index (χ4v) is 4.07. The molecule has 2 aliphatic rings. The molecule has 2 aromatic carbocycles. The number of halogens is 2. The summed E-state index contributed by atoms with van der Waals surface area (Å²) < 4.78 is 34.7. The molecule has 2 fully saturated rings. The first-order chi connectivity index (χ1) is 15.4. The number of ether oxygens (including phenoxy) is 6. The van der Waals surface area contributed by atoms with Gasteiger partial charge in [-0.2, -0.15) is 0 Å². The number of fused-ring (bicyclic) bond motifs is 1. The quantitative estimate of drug-likeness (QED) is 0.642. The maximum Gasteiger partial charge on any atom is 0.185 e. The van der Waals surface area contributed by atoms with Crippen LogP contribution >= 0.6 is 23.2 Å². The van der Waals surface area contributed by atoms with Crippen molar-refractivity contribution in [3.8, 4) is 11.5 Å². The summed E-state index contributed by atoms with van der Waals surface area (Å²) in [5.41, 5.74) is 1.32. The minimum Gasteiger partial charge on any atom is -0.493 e. The summed E-state index contributed by atoms with van der Waals surface area (Å²) in [6.45, 7) is -0.327. The molecule has 0 bridgehead atoms. The Kier molecular flexibility index (Phi) is 7.44. The maximum absolute atomic E-state index is 10.5. The molecule has 2 aromatic rings. The van der Waals surface area contributed by atoms with Gasteiger partial charge in [0.25, 0.3) is 0 Å². The molecule has 0 saturated carbocycles. The standard InChI is InChI=1S/C22H24Cl2O8/c1-27-16-6-4-12(8-17(16)28-2)21-29-10-18-20(32-21)19(15(26)9-25)31-22(30-18)11-3-5-13(23)14(24)7-11/h3-8,15,18-22,25-26H,9-10H2,1-2H3. The van der Waals surface area contributed by atoms with Crippen LogP contribution < -0.4 is 9.47 Å². The van der Waals surface area contributed by atoms with Crippen LogP contribution in [0.4, 0.5) is 0 Å². The van der Waals surface area contributed by atoms with Crippen molar-refractivity contribution in [2.45, 2.75) is 37.0 Å². The summed E-state index contributed by atoms with van der Waals surface area (Å²) >= 11 is 12.1. The summed E-state index contributed by atoms with van der Waals surface area (Å²) in [6.07, 6.45) is -4.90. The molecule has 8 nitrogen and oxygen atoms in total. The molecule has 0 aliphatic carbocycles. The van der Waals surface area contributed by atoms with Crippen LogP contribution in [0.2, 0.25) is 10.0 Å². The van der Waals surface area contributed by atoms with Crippen LogP contribution in [0.25, 0.3) is 0 Å². The van der Waals surface area contributed by atoms with E-state index >= 15 is 0 Å². The average Bonchev–Trinajstić information content (AvgIpc) is 2.83. The fraction of sp³-hybridized carbons (Fsp3) is 0.455. The zero-order valence-corrected chi connectivity index (χ0v) is 19.0. The van der Waals surface area contributed by atoms with Gasteiger partial charge in [-0.3, -0.25) is 0 Å². The van der Waals surface area contributed by atoms with Gasteiger partial charge in [-0.15, -0.1) is 0 Å². The van der Waals surface area contributed by atoms with E-state index in [-0.39, 0.29) is 6.61 Å². The van der Waals surface area contributed by atoms with Gasteiger partial charge in [-0.25, -0.2) is 0 Å². The van der Waals surface area contributed by atoms with E-state index in [4.69, 9.17) is 51.6 Å². The Morgan fingerprint density at radius 2 is 1.66 bits per heavy atom. The number of methoxy groups -OCH3 is 2. The van der Waals surface area contributed by atoms with Gasteiger partial charge in [-0.05, 0) is 24.3 Å². The molecule has 10 heteroatoms. The van der Waals surface area contributed by atoms with Crippen molar-refractivity contribution in [3.05, 3.63) is 57.6 Å². The van der Waals surface area contributed by atoms with Gasteiger partial charge < -0.3 is 38.6 Å². The van der Waals surface area contributed by atoms with Crippen molar-refractivity contribution in [2.75, 3.05) is 27.4 Å². The van der Waals surface area contributed by atoms with Crippen molar-refractivity contribution < 1.29 is 38.6 Å². The molecule has 32 heavy (non-hydrogen) atoms. The summed E-state index contributed by atoms with van der Waals surface area (Å²) in [6, 6.07) is 10.3. The van der Waals surface area contributed by atoms with Gasteiger partial charge >= 0.3 is 0 Å². The minimum atomic E-state index is -1.19. The number of aliphatic hydroxyl groups excluding tert-OH is 2. The molecular formula is C22H24Cl2O8. The highest BCUT2D eigenvalue weighted by molar-refractivity contribution is 6.42. The second kappa shape index (κ2) is 10.1. The summed E-state index contributed by atoms with van der Waals surface area (Å²) in [7, 11) is 3.09. The molecule has 0 spiro atoms. The van der Waals surface area contributed by atoms with E-state index in [1.54, 1.807) is 50.6 Å². The van der Waals surface area contributed by atoms with Gasteiger partial charge in [0.05, 0.1) is 37.5 Å². The molecule has 2 saturated heterocycles. The van der Waals surface area contributed by atoms with Crippen LogP contribution in [0.3, 0.4) is 0 Å². The molecule has 6 atom stereocenters. The van der Waals surface area contributed by atoms with Gasteiger partial charge in [0.1, 0.15) is 24.4 Å². The van der Waals surface area contributed by atoms with Gasteiger partial charge in [0.15, 0.2) is 24.1 Å². The van der Waals surface area contributed by atoms with Crippen molar-refractivity contribution in [2.24, 2.45) is 0 Å². The highest BCUT2D eigenvalue weighted by atomic mass is 35.5. The van der Waals surface area contributed by atoms with Crippen LogP contribution in [0.15, 0.2) is 36.4 Å². The van der Waals surface area contributed by atoms with Gasteiger partial charge in [-0.1, -0.05) is 35.3 Å². The van der Waals surface area contributed by atoms with E-state index in [1.807, 2.05) is 0 Å². The van der Waals surface area contributed by atoms with E-state index in [0.29, 0.717) is 32.7 Å². The first-order valence-electron chi connectivity index (χ1n) is 9.99.